The minimum Gasteiger partial charge on any atom is -0.390 e. The van der Waals surface area contributed by atoms with Gasteiger partial charge in [0.05, 0.1) is 12.3 Å². The zero-order chi connectivity index (χ0) is 8.27. The summed E-state index contributed by atoms with van der Waals surface area (Å²) in [5.74, 6) is 0. The molecule has 0 aliphatic carbocycles. The van der Waals surface area contributed by atoms with E-state index in [1.807, 2.05) is 6.92 Å². The van der Waals surface area contributed by atoms with E-state index >= 15 is 0 Å². The van der Waals surface area contributed by atoms with E-state index in [1.54, 1.807) is 12.1 Å². The normalized spacial score (nSPS) is 9.64. The highest BCUT2D eigenvalue weighted by molar-refractivity contribution is 5.72. The Balaban J connectivity index is 3.11. The van der Waals surface area contributed by atoms with Gasteiger partial charge in [0.25, 0.3) is 0 Å². The molecule has 0 amide bonds. The van der Waals surface area contributed by atoms with Crippen LogP contribution in [0.1, 0.15) is 21.7 Å². The van der Waals surface area contributed by atoms with E-state index in [0.29, 0.717) is 17.7 Å². The zero-order valence-electron chi connectivity index (χ0n) is 6.24. The van der Waals surface area contributed by atoms with Crippen molar-refractivity contribution in [2.45, 2.75) is 13.5 Å². The monoisotopic (exact) mass is 151 g/mol. The molecule has 58 valence electrons. The summed E-state index contributed by atoms with van der Waals surface area (Å²) in [6, 6.07) is 3.42. The summed E-state index contributed by atoms with van der Waals surface area (Å²) in [4.78, 5) is 14.1. The predicted molar refractivity (Wildman–Crippen MR) is 40.3 cm³/mol. The highest BCUT2D eigenvalue weighted by Gasteiger charge is 1.96. The molecule has 11 heavy (non-hydrogen) atoms. The lowest BCUT2D eigenvalue weighted by Gasteiger charge is -1.98. The molecule has 0 bridgehead atoms. The van der Waals surface area contributed by atoms with Crippen LogP contribution >= 0.6 is 0 Å². The van der Waals surface area contributed by atoms with Crippen LogP contribution in [0.4, 0.5) is 0 Å². The third kappa shape index (κ3) is 1.85. The van der Waals surface area contributed by atoms with Crippen molar-refractivity contribution >= 4 is 6.29 Å². The van der Waals surface area contributed by atoms with E-state index in [1.165, 1.54) is 0 Å². The van der Waals surface area contributed by atoms with Crippen LogP contribution in [0.2, 0.25) is 0 Å². The lowest BCUT2D eigenvalue weighted by atomic mass is 10.2. The summed E-state index contributed by atoms with van der Waals surface area (Å²) in [7, 11) is 0. The van der Waals surface area contributed by atoms with Crippen LogP contribution in [0.15, 0.2) is 12.1 Å². The number of nitrogens with zero attached hydrogens (tertiary/aromatic N) is 1. The Bertz CT molecular complexity index is 271. The summed E-state index contributed by atoms with van der Waals surface area (Å²) in [5, 5.41) is 8.70. The van der Waals surface area contributed by atoms with Crippen molar-refractivity contribution in [1.82, 2.24) is 4.98 Å². The smallest absolute Gasteiger partial charge is 0.168 e. The number of hydrogen-bond acceptors (Lipinski definition) is 3. The molecule has 1 heterocycles. The molecule has 1 N–H and O–H groups in total. The Morgan fingerprint density at radius 1 is 1.64 bits per heavy atom. The number of aliphatic hydroxyl groups is 1. The average Bonchev–Trinajstić information content (AvgIpc) is 2.03. The first-order chi connectivity index (χ1) is 5.26. The third-order valence-electron chi connectivity index (χ3n) is 1.33. The van der Waals surface area contributed by atoms with Crippen molar-refractivity contribution in [3.63, 3.8) is 0 Å². The van der Waals surface area contributed by atoms with Crippen molar-refractivity contribution in [2.75, 3.05) is 0 Å². The predicted octanol–water partition coefficient (Wildman–Crippen LogP) is 0.695. The molecular weight excluding hydrogens is 142 g/mol. The van der Waals surface area contributed by atoms with Gasteiger partial charge in [-0.1, -0.05) is 0 Å². The molecule has 1 aromatic heterocycles. The van der Waals surface area contributed by atoms with Gasteiger partial charge in [-0.2, -0.15) is 0 Å². The van der Waals surface area contributed by atoms with Crippen LogP contribution in [0, 0.1) is 6.92 Å². The number of aryl methyl sites for hydroxylation is 1. The summed E-state index contributed by atoms with van der Waals surface area (Å²) < 4.78 is 0. The number of aldehydes is 1. The van der Waals surface area contributed by atoms with Crippen molar-refractivity contribution in [3.8, 4) is 0 Å². The van der Waals surface area contributed by atoms with E-state index in [-0.39, 0.29) is 6.61 Å². The van der Waals surface area contributed by atoms with Crippen LogP contribution in [0.25, 0.3) is 0 Å². The number of aromatic nitrogens is 1. The fourth-order valence-corrected chi connectivity index (χ4v) is 0.909. The molecule has 0 aliphatic heterocycles. The fourth-order valence-electron chi connectivity index (χ4n) is 0.909. The van der Waals surface area contributed by atoms with E-state index in [2.05, 4.69) is 4.98 Å². The molecule has 0 unspecified atom stereocenters. The number of hydrogen-bond donors (Lipinski definition) is 1. The Kier molecular flexibility index (Phi) is 2.33. The Labute approximate surface area is 64.7 Å². The lowest BCUT2D eigenvalue weighted by molar-refractivity contribution is 0.111. The third-order valence-corrected chi connectivity index (χ3v) is 1.33. The topological polar surface area (TPSA) is 50.2 Å². The minimum atomic E-state index is -0.123. The van der Waals surface area contributed by atoms with Crippen LogP contribution in [-0.4, -0.2) is 16.4 Å². The van der Waals surface area contributed by atoms with E-state index < -0.39 is 0 Å². The molecule has 3 nitrogen and oxygen atoms in total. The SMILES string of the molecule is Cc1cc(C=O)nc(CO)c1. The first kappa shape index (κ1) is 7.88. The van der Waals surface area contributed by atoms with Gasteiger partial charge in [0.2, 0.25) is 0 Å². The molecule has 0 saturated heterocycles. The zero-order valence-corrected chi connectivity index (χ0v) is 6.24. The van der Waals surface area contributed by atoms with E-state index in [0.717, 1.165) is 5.56 Å². The van der Waals surface area contributed by atoms with Gasteiger partial charge >= 0.3 is 0 Å². The maximum Gasteiger partial charge on any atom is 0.168 e. The largest absolute Gasteiger partial charge is 0.390 e. The maximum absolute atomic E-state index is 10.3. The Morgan fingerprint density at radius 2 is 2.36 bits per heavy atom. The van der Waals surface area contributed by atoms with Gasteiger partial charge in [-0.05, 0) is 24.6 Å². The van der Waals surface area contributed by atoms with Gasteiger partial charge in [-0.3, -0.25) is 4.79 Å². The second kappa shape index (κ2) is 3.25. The standard InChI is InChI=1S/C8H9NO2/c1-6-2-7(4-10)9-8(3-6)5-11/h2-4,11H,5H2,1H3. The molecule has 0 atom stereocenters. The van der Waals surface area contributed by atoms with Crippen LogP contribution in [0.5, 0.6) is 0 Å². The fraction of sp³-hybridized carbons (Fsp3) is 0.250. The van der Waals surface area contributed by atoms with E-state index in [9.17, 15) is 4.79 Å². The highest BCUT2D eigenvalue weighted by Crippen LogP contribution is 2.02. The quantitative estimate of drug-likeness (QED) is 0.633. The molecule has 0 spiro atoms. The number of rotatable bonds is 2. The molecular formula is C8H9NO2. The molecule has 1 aromatic rings. The maximum atomic E-state index is 10.3. The lowest BCUT2D eigenvalue weighted by Crippen LogP contribution is -1.95. The first-order valence-electron chi connectivity index (χ1n) is 3.30. The van der Waals surface area contributed by atoms with Crippen LogP contribution in [-0.2, 0) is 6.61 Å². The number of carbonyl (C=O) groups is 1. The number of carbonyl (C=O) groups excluding carboxylic acids is 1. The van der Waals surface area contributed by atoms with Gasteiger partial charge in [0, 0.05) is 0 Å². The highest BCUT2D eigenvalue weighted by atomic mass is 16.3. The van der Waals surface area contributed by atoms with Gasteiger partial charge in [0.1, 0.15) is 5.69 Å². The van der Waals surface area contributed by atoms with Gasteiger partial charge in [0.15, 0.2) is 6.29 Å². The van der Waals surface area contributed by atoms with Crippen molar-refractivity contribution in [3.05, 3.63) is 29.1 Å². The summed E-state index contributed by atoms with van der Waals surface area (Å²) in [6.45, 7) is 1.73. The Morgan fingerprint density at radius 3 is 2.91 bits per heavy atom. The van der Waals surface area contributed by atoms with Crippen LogP contribution < -0.4 is 0 Å². The average molecular weight is 151 g/mol. The summed E-state index contributed by atoms with van der Waals surface area (Å²) in [6.07, 6.45) is 0.673. The summed E-state index contributed by atoms with van der Waals surface area (Å²) >= 11 is 0. The van der Waals surface area contributed by atoms with Crippen molar-refractivity contribution in [2.24, 2.45) is 0 Å². The second-order valence-electron chi connectivity index (χ2n) is 2.34. The molecule has 0 radical (unpaired) electrons. The second-order valence-corrected chi connectivity index (χ2v) is 2.34. The van der Waals surface area contributed by atoms with Gasteiger partial charge in [-0.25, -0.2) is 4.98 Å². The molecule has 0 aliphatic rings. The molecule has 0 fully saturated rings. The van der Waals surface area contributed by atoms with E-state index in [4.69, 9.17) is 5.11 Å². The van der Waals surface area contributed by atoms with Crippen molar-refractivity contribution in [1.29, 1.82) is 0 Å². The van der Waals surface area contributed by atoms with Crippen LogP contribution in [0.3, 0.4) is 0 Å². The molecule has 3 heteroatoms. The molecule has 1 rings (SSSR count). The number of aliphatic hydroxyl groups excluding tert-OH is 1. The van der Waals surface area contributed by atoms with Gasteiger partial charge < -0.3 is 5.11 Å². The molecule has 0 saturated carbocycles. The van der Waals surface area contributed by atoms with Gasteiger partial charge in [-0.15, -0.1) is 0 Å². The van der Waals surface area contributed by atoms with Crippen molar-refractivity contribution < 1.29 is 9.90 Å². The first-order valence-corrected chi connectivity index (χ1v) is 3.30. The molecule has 0 aromatic carbocycles. The number of pyridine rings is 1. The minimum absolute atomic E-state index is 0.123. The summed E-state index contributed by atoms with van der Waals surface area (Å²) in [5.41, 5.74) is 1.84. The Hall–Kier alpha value is -1.22.